The first kappa shape index (κ1) is 9.66. The molecule has 0 aromatic carbocycles. The third-order valence-electron chi connectivity index (χ3n) is 1.70. The van der Waals surface area contributed by atoms with Crippen molar-refractivity contribution in [1.29, 1.82) is 0 Å². The van der Waals surface area contributed by atoms with Crippen molar-refractivity contribution >= 4 is 35.8 Å². The molecule has 0 aromatic rings. The van der Waals surface area contributed by atoms with Crippen molar-refractivity contribution in [1.82, 2.24) is 8.61 Å². The maximum Gasteiger partial charge on any atom is 0.265 e. The van der Waals surface area contributed by atoms with Gasteiger partial charge >= 0.3 is 0 Å². The Morgan fingerprint density at radius 2 is 0.933 bits per heavy atom. The van der Waals surface area contributed by atoms with E-state index in [1.165, 1.54) is 0 Å². The normalized spacial score (nSPS) is 20.0. The van der Waals surface area contributed by atoms with Crippen LogP contribution in [0.4, 0.5) is 0 Å². The van der Waals surface area contributed by atoms with Gasteiger partial charge in [-0.2, -0.15) is 8.61 Å². The van der Waals surface area contributed by atoms with Gasteiger partial charge in [-0.3, -0.25) is 19.2 Å². The average Bonchev–Trinajstić information content (AvgIpc) is 2.67. The Balaban J connectivity index is 2.10. The Kier molecular flexibility index (Phi) is 2.16. The van der Waals surface area contributed by atoms with Crippen molar-refractivity contribution in [2.24, 2.45) is 0 Å². The Morgan fingerprint density at radius 1 is 0.667 bits per heavy atom. The van der Waals surface area contributed by atoms with Crippen LogP contribution in [0.3, 0.4) is 0 Å². The van der Waals surface area contributed by atoms with Gasteiger partial charge in [0.05, 0.1) is 12.1 Å². The van der Waals surface area contributed by atoms with Crippen molar-refractivity contribution < 1.29 is 19.2 Å². The summed E-state index contributed by atoms with van der Waals surface area (Å²) in [5.41, 5.74) is 0. The van der Waals surface area contributed by atoms with Crippen LogP contribution in [0.2, 0.25) is 0 Å². The second-order valence-electron chi connectivity index (χ2n) is 2.69. The molecule has 76 valence electrons. The lowest BCUT2D eigenvalue weighted by Gasteiger charge is -2.17. The molecule has 0 saturated heterocycles. The predicted octanol–water partition coefficient (Wildman–Crippen LogP) is -0.600. The lowest BCUT2D eigenvalue weighted by Crippen LogP contribution is -2.32. The average molecular weight is 224 g/mol. The van der Waals surface area contributed by atoms with Crippen LogP contribution in [-0.4, -0.2) is 32.2 Å². The standard InChI is InChI=1S/C8H4N2O4S/c11-5-1-2-6(12)9(5)15-10-7(13)3-4-8(10)14/h1-4H. The maximum absolute atomic E-state index is 11.1. The molecule has 0 saturated carbocycles. The van der Waals surface area contributed by atoms with Crippen LogP contribution in [0.25, 0.3) is 0 Å². The molecule has 0 aromatic heterocycles. The van der Waals surface area contributed by atoms with Gasteiger partial charge in [-0.25, -0.2) is 0 Å². The van der Waals surface area contributed by atoms with Gasteiger partial charge in [0.15, 0.2) is 0 Å². The molecule has 2 heterocycles. The first-order chi connectivity index (χ1) is 7.09. The Hall–Kier alpha value is -1.89. The second kappa shape index (κ2) is 3.35. The van der Waals surface area contributed by atoms with E-state index in [0.717, 1.165) is 32.9 Å². The van der Waals surface area contributed by atoms with E-state index >= 15 is 0 Å². The van der Waals surface area contributed by atoms with Crippen LogP contribution in [0.1, 0.15) is 0 Å². The van der Waals surface area contributed by atoms with Gasteiger partial charge in [0, 0.05) is 24.3 Å². The summed E-state index contributed by atoms with van der Waals surface area (Å²) in [5, 5.41) is 0. The molecule has 6 nitrogen and oxygen atoms in total. The molecule has 0 unspecified atom stereocenters. The van der Waals surface area contributed by atoms with Gasteiger partial charge in [-0.1, -0.05) is 0 Å². The number of carbonyl (C=O) groups is 4. The van der Waals surface area contributed by atoms with Crippen molar-refractivity contribution in [2.75, 3.05) is 0 Å². The van der Waals surface area contributed by atoms with E-state index in [1.807, 2.05) is 0 Å². The summed E-state index contributed by atoms with van der Waals surface area (Å²) >= 11 is 0.491. The van der Waals surface area contributed by atoms with Crippen molar-refractivity contribution in [2.45, 2.75) is 0 Å². The van der Waals surface area contributed by atoms with Crippen LogP contribution >= 0.6 is 12.1 Å². The fourth-order valence-corrected chi connectivity index (χ4v) is 1.74. The Morgan fingerprint density at radius 3 is 1.20 bits per heavy atom. The topological polar surface area (TPSA) is 74.8 Å². The fraction of sp³-hybridized carbons (Fsp3) is 0. The summed E-state index contributed by atoms with van der Waals surface area (Å²) in [7, 11) is 0. The largest absolute Gasteiger partial charge is 0.268 e. The van der Waals surface area contributed by atoms with E-state index in [4.69, 9.17) is 0 Å². The molecule has 2 aliphatic heterocycles. The number of imide groups is 2. The van der Waals surface area contributed by atoms with Crippen LogP contribution in [0.5, 0.6) is 0 Å². The minimum Gasteiger partial charge on any atom is -0.268 e. The summed E-state index contributed by atoms with van der Waals surface area (Å²) in [6.07, 6.45) is 4.31. The summed E-state index contributed by atoms with van der Waals surface area (Å²) in [6.45, 7) is 0. The van der Waals surface area contributed by atoms with E-state index in [0.29, 0.717) is 12.1 Å². The lowest BCUT2D eigenvalue weighted by atomic mass is 10.6. The second-order valence-corrected chi connectivity index (χ2v) is 3.58. The SMILES string of the molecule is O=C1C=CC(=O)N1SN1C(=O)C=CC1=O. The highest BCUT2D eigenvalue weighted by molar-refractivity contribution is 7.96. The molecule has 0 N–H and O–H groups in total. The smallest absolute Gasteiger partial charge is 0.265 e. The third kappa shape index (κ3) is 1.57. The number of rotatable bonds is 2. The zero-order valence-electron chi connectivity index (χ0n) is 7.25. The summed E-state index contributed by atoms with van der Waals surface area (Å²) in [5.74, 6) is -2.23. The van der Waals surface area contributed by atoms with Gasteiger partial charge in [-0.15, -0.1) is 0 Å². The molecule has 7 heteroatoms. The van der Waals surface area contributed by atoms with Crippen LogP contribution < -0.4 is 0 Å². The summed E-state index contributed by atoms with van der Waals surface area (Å²) in [6, 6.07) is 0. The zero-order valence-corrected chi connectivity index (χ0v) is 8.06. The van der Waals surface area contributed by atoms with Gasteiger partial charge < -0.3 is 0 Å². The molecular weight excluding hydrogens is 220 g/mol. The molecule has 0 atom stereocenters. The Bertz CT molecular complexity index is 364. The fourth-order valence-electron chi connectivity index (χ4n) is 1.02. The van der Waals surface area contributed by atoms with Gasteiger partial charge in [0.1, 0.15) is 0 Å². The molecule has 0 spiro atoms. The van der Waals surface area contributed by atoms with Crippen molar-refractivity contribution in [3.05, 3.63) is 24.3 Å². The number of hydrogen-bond acceptors (Lipinski definition) is 5. The number of carbonyl (C=O) groups excluding carboxylic acids is 4. The van der Waals surface area contributed by atoms with E-state index in [1.54, 1.807) is 0 Å². The molecule has 0 fully saturated rings. The van der Waals surface area contributed by atoms with E-state index < -0.39 is 23.6 Å². The quantitative estimate of drug-likeness (QED) is 0.462. The molecule has 4 amide bonds. The number of nitrogens with zero attached hydrogens (tertiary/aromatic N) is 2. The Labute approximate surface area is 88.5 Å². The minimum atomic E-state index is -0.558. The monoisotopic (exact) mass is 224 g/mol. The van der Waals surface area contributed by atoms with E-state index in [-0.39, 0.29) is 0 Å². The van der Waals surface area contributed by atoms with E-state index in [9.17, 15) is 19.2 Å². The molecule has 0 radical (unpaired) electrons. The van der Waals surface area contributed by atoms with Gasteiger partial charge in [0.25, 0.3) is 23.6 Å². The van der Waals surface area contributed by atoms with Crippen LogP contribution in [0.15, 0.2) is 24.3 Å². The summed E-state index contributed by atoms with van der Waals surface area (Å²) in [4.78, 5) is 44.5. The van der Waals surface area contributed by atoms with Gasteiger partial charge in [-0.05, 0) is 0 Å². The minimum absolute atomic E-state index is 0.491. The first-order valence-electron chi connectivity index (χ1n) is 3.90. The molecule has 15 heavy (non-hydrogen) atoms. The first-order valence-corrected chi connectivity index (χ1v) is 4.63. The summed E-state index contributed by atoms with van der Waals surface area (Å²) < 4.78 is 1.48. The zero-order chi connectivity index (χ0) is 11.0. The third-order valence-corrected chi connectivity index (χ3v) is 2.75. The highest BCUT2D eigenvalue weighted by Gasteiger charge is 2.33. The highest BCUT2D eigenvalue weighted by Crippen LogP contribution is 2.24. The predicted molar refractivity (Wildman–Crippen MR) is 49.6 cm³/mol. The van der Waals surface area contributed by atoms with Crippen LogP contribution in [0, 0.1) is 0 Å². The molecule has 2 rings (SSSR count). The van der Waals surface area contributed by atoms with Crippen molar-refractivity contribution in [3.63, 3.8) is 0 Å². The number of hydrogen-bond donors (Lipinski definition) is 0. The highest BCUT2D eigenvalue weighted by atomic mass is 32.2. The number of amides is 4. The molecule has 0 bridgehead atoms. The molecule has 2 aliphatic rings. The van der Waals surface area contributed by atoms with Gasteiger partial charge in [0.2, 0.25) is 0 Å². The lowest BCUT2D eigenvalue weighted by molar-refractivity contribution is -0.131. The van der Waals surface area contributed by atoms with E-state index in [2.05, 4.69) is 0 Å². The van der Waals surface area contributed by atoms with Crippen molar-refractivity contribution in [3.8, 4) is 0 Å². The molecular formula is C8H4N2O4S. The van der Waals surface area contributed by atoms with Crippen LogP contribution in [-0.2, 0) is 19.2 Å². The molecule has 0 aliphatic carbocycles. The maximum atomic E-state index is 11.1.